The lowest BCUT2D eigenvalue weighted by Crippen LogP contribution is -2.51. The van der Waals surface area contributed by atoms with Crippen molar-refractivity contribution >= 4 is 23.2 Å². The average Bonchev–Trinajstić information content (AvgIpc) is 2.93. The maximum absolute atomic E-state index is 13.6. The highest BCUT2D eigenvalue weighted by molar-refractivity contribution is 6.36. The number of H-pyrrole nitrogens is 1. The van der Waals surface area contributed by atoms with Crippen molar-refractivity contribution in [3.05, 3.63) is 56.0 Å². The van der Waals surface area contributed by atoms with E-state index in [9.17, 15) is 9.59 Å². The molecule has 1 aromatic heterocycles. The van der Waals surface area contributed by atoms with Crippen LogP contribution in [0.3, 0.4) is 0 Å². The molecule has 5 rings (SSSR count). The Morgan fingerprint density at radius 3 is 2.51 bits per heavy atom. The second kappa shape index (κ2) is 13.2. The lowest BCUT2D eigenvalue weighted by molar-refractivity contribution is 0.00305. The minimum atomic E-state index is -0.321. The third kappa shape index (κ3) is 6.92. The Labute approximate surface area is 248 Å². The maximum Gasteiger partial charge on any atom is 0.253 e. The second-order valence-electron chi connectivity index (χ2n) is 12.1. The molecule has 1 saturated carbocycles. The summed E-state index contributed by atoms with van der Waals surface area (Å²) in [6.07, 6.45) is 6.48. The van der Waals surface area contributed by atoms with Crippen LogP contribution >= 0.6 is 11.6 Å². The van der Waals surface area contributed by atoms with Gasteiger partial charge in [0.25, 0.3) is 11.5 Å². The Morgan fingerprint density at radius 1 is 1.15 bits per heavy atom. The number of carbonyl (C=O) groups is 1. The third-order valence-electron chi connectivity index (χ3n) is 9.18. The number of likely N-dealkylation sites (tertiary alicyclic amines) is 1. The van der Waals surface area contributed by atoms with Gasteiger partial charge >= 0.3 is 0 Å². The lowest BCUT2D eigenvalue weighted by atomic mass is 9.85. The zero-order chi connectivity index (χ0) is 29.1. The Bertz CT molecular complexity index is 1280. The van der Waals surface area contributed by atoms with Crippen LogP contribution in [0, 0.1) is 19.8 Å². The van der Waals surface area contributed by atoms with E-state index >= 15 is 0 Å². The van der Waals surface area contributed by atoms with Gasteiger partial charge in [0.2, 0.25) is 0 Å². The summed E-state index contributed by atoms with van der Waals surface area (Å²) in [4.78, 5) is 33.8. The summed E-state index contributed by atoms with van der Waals surface area (Å²) in [7, 11) is 0. The van der Waals surface area contributed by atoms with Crippen molar-refractivity contribution in [1.82, 2.24) is 15.2 Å². The van der Waals surface area contributed by atoms with Crippen LogP contribution in [0.15, 0.2) is 23.0 Å². The quantitative estimate of drug-likeness (QED) is 0.420. The number of aryl methyl sites for hydroxylation is 2. The molecule has 2 saturated heterocycles. The van der Waals surface area contributed by atoms with Gasteiger partial charge in [-0.3, -0.25) is 9.59 Å². The molecular formula is C32H45ClN4O4. The third-order valence-corrected chi connectivity index (χ3v) is 9.58. The minimum Gasteiger partial charge on any atom is -0.490 e. The Kier molecular flexibility index (Phi) is 9.62. The normalized spacial score (nSPS) is 22.3. The molecule has 9 heteroatoms. The Balaban J connectivity index is 1.36. The number of amides is 1. The van der Waals surface area contributed by atoms with Gasteiger partial charge < -0.3 is 29.6 Å². The number of nitrogens with zero attached hydrogens (tertiary/aromatic N) is 2. The van der Waals surface area contributed by atoms with Crippen LogP contribution in [-0.4, -0.2) is 66.8 Å². The molecule has 2 aromatic rings. The fourth-order valence-electron chi connectivity index (χ4n) is 6.53. The van der Waals surface area contributed by atoms with E-state index in [4.69, 9.17) is 21.1 Å². The summed E-state index contributed by atoms with van der Waals surface area (Å²) in [5.74, 6) is 1.17. The summed E-state index contributed by atoms with van der Waals surface area (Å²) in [6.45, 7) is 12.8. The van der Waals surface area contributed by atoms with Crippen molar-refractivity contribution in [1.29, 1.82) is 0 Å². The molecule has 3 aliphatic rings. The number of pyridine rings is 1. The molecule has 0 unspecified atom stereocenters. The molecule has 1 aromatic carbocycles. The molecule has 41 heavy (non-hydrogen) atoms. The van der Waals surface area contributed by atoms with Gasteiger partial charge in [-0.1, -0.05) is 18.5 Å². The largest absolute Gasteiger partial charge is 0.490 e. The molecule has 0 spiro atoms. The van der Waals surface area contributed by atoms with Crippen LogP contribution in [-0.2, 0) is 11.3 Å². The summed E-state index contributed by atoms with van der Waals surface area (Å²) in [5.41, 5.74) is 3.17. The van der Waals surface area contributed by atoms with E-state index in [1.807, 2.05) is 26.0 Å². The first kappa shape index (κ1) is 29.9. The highest BCUT2D eigenvalue weighted by Crippen LogP contribution is 2.39. The fraction of sp³-hybridized carbons (Fsp3) is 0.625. The number of aromatic amines is 1. The van der Waals surface area contributed by atoms with E-state index in [1.54, 1.807) is 6.07 Å². The zero-order valence-corrected chi connectivity index (χ0v) is 25.7. The smallest absolute Gasteiger partial charge is 0.253 e. The summed E-state index contributed by atoms with van der Waals surface area (Å²) >= 11 is 6.99. The van der Waals surface area contributed by atoms with Gasteiger partial charge in [0.05, 0.1) is 16.3 Å². The van der Waals surface area contributed by atoms with Crippen molar-refractivity contribution < 1.29 is 14.3 Å². The summed E-state index contributed by atoms with van der Waals surface area (Å²) in [5, 5.41) is 3.35. The molecule has 1 aliphatic carbocycles. The first-order valence-electron chi connectivity index (χ1n) is 15.3. The summed E-state index contributed by atoms with van der Waals surface area (Å²) in [6, 6.07) is 6.53. The molecule has 8 nitrogen and oxygen atoms in total. The number of rotatable bonds is 9. The van der Waals surface area contributed by atoms with Gasteiger partial charge in [0, 0.05) is 68.6 Å². The molecule has 0 atom stereocenters. The van der Waals surface area contributed by atoms with Crippen LogP contribution < -0.4 is 20.5 Å². The zero-order valence-electron chi connectivity index (χ0n) is 24.9. The molecule has 1 amide bonds. The van der Waals surface area contributed by atoms with Crippen molar-refractivity contribution in [3.63, 3.8) is 0 Å². The fourth-order valence-corrected chi connectivity index (χ4v) is 6.83. The average molecular weight is 585 g/mol. The van der Waals surface area contributed by atoms with Gasteiger partial charge in [0.15, 0.2) is 0 Å². The van der Waals surface area contributed by atoms with E-state index < -0.39 is 0 Å². The predicted octanol–water partition coefficient (Wildman–Crippen LogP) is 5.22. The van der Waals surface area contributed by atoms with Gasteiger partial charge in [-0.2, -0.15) is 0 Å². The number of piperidine rings is 1. The van der Waals surface area contributed by atoms with E-state index in [2.05, 4.69) is 33.9 Å². The van der Waals surface area contributed by atoms with Crippen molar-refractivity contribution in [2.75, 3.05) is 37.7 Å². The SMILES string of the molecule is CCN(c1cc(O[C@H]2C[C@H](N3CCC(C)CC3)C2)cc(C(=O)NCc2c(C)cc(C)[nH]c2=O)c1Cl)C1CCOCC1. The lowest BCUT2D eigenvalue weighted by Gasteiger charge is -2.45. The maximum atomic E-state index is 13.6. The number of anilines is 1. The van der Waals surface area contributed by atoms with Crippen LogP contribution in [0.4, 0.5) is 5.69 Å². The number of hydrogen-bond donors (Lipinski definition) is 2. The van der Waals surface area contributed by atoms with E-state index in [1.165, 1.54) is 25.9 Å². The van der Waals surface area contributed by atoms with Crippen LogP contribution in [0.25, 0.3) is 0 Å². The monoisotopic (exact) mass is 584 g/mol. The molecular weight excluding hydrogens is 540 g/mol. The number of hydrogen-bond acceptors (Lipinski definition) is 6. The second-order valence-corrected chi connectivity index (χ2v) is 12.5. The predicted molar refractivity (Wildman–Crippen MR) is 163 cm³/mol. The molecule has 0 radical (unpaired) electrons. The minimum absolute atomic E-state index is 0.118. The number of ether oxygens (including phenoxy) is 2. The van der Waals surface area contributed by atoms with Crippen molar-refractivity contribution in [3.8, 4) is 5.75 Å². The Hall–Kier alpha value is -2.55. The highest BCUT2D eigenvalue weighted by atomic mass is 35.5. The van der Waals surface area contributed by atoms with Crippen LogP contribution in [0.5, 0.6) is 5.75 Å². The molecule has 224 valence electrons. The molecule has 2 aliphatic heterocycles. The van der Waals surface area contributed by atoms with Gasteiger partial charge in [-0.15, -0.1) is 0 Å². The first-order valence-corrected chi connectivity index (χ1v) is 15.7. The number of nitrogens with one attached hydrogen (secondary N) is 2. The van der Waals surface area contributed by atoms with Gasteiger partial charge in [-0.05, 0) is 83.2 Å². The van der Waals surface area contributed by atoms with E-state index in [0.717, 1.165) is 55.1 Å². The molecule has 0 bridgehead atoms. The number of aromatic nitrogens is 1. The van der Waals surface area contributed by atoms with Crippen molar-refractivity contribution in [2.24, 2.45) is 5.92 Å². The summed E-state index contributed by atoms with van der Waals surface area (Å²) < 4.78 is 12.1. The Morgan fingerprint density at radius 2 is 1.85 bits per heavy atom. The van der Waals surface area contributed by atoms with Gasteiger partial charge in [-0.25, -0.2) is 0 Å². The molecule has 2 N–H and O–H groups in total. The standard InChI is InChI=1S/C32H45ClN4O4/c1-5-37(23-8-12-40-13-9-23)29-18-26(41-25-15-24(16-25)36-10-6-20(2)7-11-36)17-27(30(29)33)31(38)34-19-28-21(3)14-22(4)35-32(28)39/h14,17-18,20,23-25H,5-13,15-16,19H2,1-4H3,(H,34,38)(H,35,39)/t24-,25-. The van der Waals surface area contributed by atoms with E-state index in [0.29, 0.717) is 41.2 Å². The van der Waals surface area contributed by atoms with E-state index in [-0.39, 0.29) is 30.2 Å². The number of carbonyl (C=O) groups excluding carboxylic acids is 1. The molecule has 3 fully saturated rings. The number of halogens is 1. The van der Waals surface area contributed by atoms with Gasteiger partial charge in [0.1, 0.15) is 11.9 Å². The highest BCUT2D eigenvalue weighted by Gasteiger charge is 2.37. The van der Waals surface area contributed by atoms with Crippen LogP contribution in [0.1, 0.15) is 79.6 Å². The molecule has 3 heterocycles. The van der Waals surface area contributed by atoms with Crippen molar-refractivity contribution in [2.45, 2.75) is 91.0 Å². The number of benzene rings is 1. The first-order chi connectivity index (χ1) is 19.7. The van der Waals surface area contributed by atoms with Crippen LogP contribution in [0.2, 0.25) is 5.02 Å². The topological polar surface area (TPSA) is 86.9 Å².